The summed E-state index contributed by atoms with van der Waals surface area (Å²) in [4.78, 5) is 32.9. The third-order valence-electron chi connectivity index (χ3n) is 4.53. The molecule has 4 rings (SSSR count). The highest BCUT2D eigenvalue weighted by Crippen LogP contribution is 2.32. The van der Waals surface area contributed by atoms with Crippen LogP contribution in [0.5, 0.6) is 0 Å². The quantitative estimate of drug-likeness (QED) is 0.674. The summed E-state index contributed by atoms with van der Waals surface area (Å²) >= 11 is 0. The molecule has 0 aliphatic carbocycles. The zero-order valence-corrected chi connectivity index (χ0v) is 14.3. The predicted octanol–water partition coefficient (Wildman–Crippen LogP) is 0.553. The molecule has 3 heterocycles. The number of imidazole rings is 1. The van der Waals surface area contributed by atoms with E-state index >= 15 is 0 Å². The van der Waals surface area contributed by atoms with Gasteiger partial charge < -0.3 is 14.6 Å². The Hall–Kier alpha value is -2.87. The number of aromatic amines is 1. The number of hydrogen-bond donors (Lipinski definition) is 2. The second-order valence-corrected chi connectivity index (χ2v) is 6.62. The van der Waals surface area contributed by atoms with Gasteiger partial charge >= 0.3 is 5.69 Å². The highest BCUT2D eigenvalue weighted by Gasteiger charge is 2.29. The SMILES string of the molecule is Cc1cc(C)cc(N2C[C@H](O)Cn3c2nc2c3c(=O)[nH]c(=O)n2C)c1. The maximum atomic E-state index is 12.3. The fourth-order valence-electron chi connectivity index (χ4n) is 3.49. The number of nitrogens with zero attached hydrogens (tertiary/aromatic N) is 4. The largest absolute Gasteiger partial charge is 0.389 e. The van der Waals surface area contributed by atoms with Crippen molar-refractivity contribution in [3.8, 4) is 0 Å². The summed E-state index contributed by atoms with van der Waals surface area (Å²) in [6.07, 6.45) is -0.651. The molecule has 0 saturated carbocycles. The van der Waals surface area contributed by atoms with Gasteiger partial charge in [0.05, 0.1) is 19.2 Å². The van der Waals surface area contributed by atoms with E-state index in [9.17, 15) is 14.7 Å². The van der Waals surface area contributed by atoms with E-state index in [4.69, 9.17) is 0 Å². The van der Waals surface area contributed by atoms with Crippen LogP contribution < -0.4 is 16.1 Å². The first-order valence-corrected chi connectivity index (χ1v) is 8.08. The van der Waals surface area contributed by atoms with Gasteiger partial charge in [-0.25, -0.2) is 4.79 Å². The van der Waals surface area contributed by atoms with Crippen LogP contribution in [0.2, 0.25) is 0 Å². The summed E-state index contributed by atoms with van der Waals surface area (Å²) in [7, 11) is 1.57. The molecular formula is C17H19N5O3. The monoisotopic (exact) mass is 341 g/mol. The summed E-state index contributed by atoms with van der Waals surface area (Å²) in [5, 5.41) is 10.3. The number of rotatable bonds is 1. The number of anilines is 2. The number of benzene rings is 1. The third-order valence-corrected chi connectivity index (χ3v) is 4.53. The van der Waals surface area contributed by atoms with Gasteiger partial charge in [-0.05, 0) is 37.1 Å². The van der Waals surface area contributed by atoms with Crippen LogP contribution in [0.15, 0.2) is 27.8 Å². The van der Waals surface area contributed by atoms with Crippen molar-refractivity contribution in [3.05, 3.63) is 50.2 Å². The Morgan fingerprint density at radius 1 is 1.16 bits per heavy atom. The lowest BCUT2D eigenvalue weighted by Gasteiger charge is -2.32. The van der Waals surface area contributed by atoms with Crippen LogP contribution in [-0.4, -0.2) is 36.9 Å². The molecule has 1 atom stereocenters. The normalized spacial score (nSPS) is 17.1. The Morgan fingerprint density at radius 2 is 1.84 bits per heavy atom. The number of aryl methyl sites for hydroxylation is 3. The van der Waals surface area contributed by atoms with Crippen molar-refractivity contribution in [2.75, 3.05) is 11.4 Å². The number of aliphatic hydroxyl groups excluding tert-OH is 1. The molecule has 2 N–H and O–H groups in total. The second kappa shape index (κ2) is 5.32. The Labute approximate surface area is 143 Å². The maximum absolute atomic E-state index is 12.3. The summed E-state index contributed by atoms with van der Waals surface area (Å²) in [6.45, 7) is 4.65. The van der Waals surface area contributed by atoms with Crippen molar-refractivity contribution >= 4 is 22.8 Å². The fraction of sp³-hybridized carbons (Fsp3) is 0.353. The lowest BCUT2D eigenvalue weighted by Crippen LogP contribution is -2.39. The second-order valence-electron chi connectivity index (χ2n) is 6.62. The lowest BCUT2D eigenvalue weighted by molar-refractivity contribution is 0.154. The molecule has 8 heteroatoms. The molecule has 1 aliphatic heterocycles. The first-order chi connectivity index (χ1) is 11.8. The smallest absolute Gasteiger partial charge is 0.329 e. The van der Waals surface area contributed by atoms with Gasteiger partial charge in [0.2, 0.25) is 5.95 Å². The zero-order valence-electron chi connectivity index (χ0n) is 14.3. The van der Waals surface area contributed by atoms with Crippen molar-refractivity contribution in [2.24, 2.45) is 7.05 Å². The third kappa shape index (κ3) is 2.37. The summed E-state index contributed by atoms with van der Waals surface area (Å²) < 4.78 is 2.99. The average Bonchev–Trinajstić information content (AvgIpc) is 2.90. The molecule has 2 aromatic heterocycles. The molecule has 0 spiro atoms. The van der Waals surface area contributed by atoms with Gasteiger partial charge in [0.1, 0.15) is 0 Å². The van der Waals surface area contributed by atoms with Gasteiger partial charge in [0.25, 0.3) is 5.56 Å². The van der Waals surface area contributed by atoms with Gasteiger partial charge in [-0.3, -0.25) is 14.3 Å². The molecule has 1 aliphatic rings. The molecular weight excluding hydrogens is 322 g/mol. The Morgan fingerprint density at radius 3 is 2.52 bits per heavy atom. The van der Waals surface area contributed by atoms with Crippen LogP contribution in [0.25, 0.3) is 11.2 Å². The van der Waals surface area contributed by atoms with E-state index in [-0.39, 0.29) is 6.54 Å². The number of β-amino-alcohol motifs (C(OH)–C–C–N with tert-alkyl or cyclic N) is 1. The van der Waals surface area contributed by atoms with Crippen molar-refractivity contribution in [2.45, 2.75) is 26.5 Å². The highest BCUT2D eigenvalue weighted by molar-refractivity contribution is 5.77. The van der Waals surface area contributed by atoms with Crippen LogP contribution in [0.1, 0.15) is 11.1 Å². The van der Waals surface area contributed by atoms with Gasteiger partial charge in [-0.15, -0.1) is 0 Å². The van der Waals surface area contributed by atoms with E-state index in [0.717, 1.165) is 16.8 Å². The maximum Gasteiger partial charge on any atom is 0.329 e. The molecule has 3 aromatic rings. The van der Waals surface area contributed by atoms with Crippen LogP contribution in [0.4, 0.5) is 11.6 Å². The Balaban J connectivity index is 2.02. The van der Waals surface area contributed by atoms with E-state index in [1.165, 1.54) is 4.57 Å². The summed E-state index contributed by atoms with van der Waals surface area (Å²) in [6, 6.07) is 6.09. The summed E-state index contributed by atoms with van der Waals surface area (Å²) in [5.41, 5.74) is 2.70. The minimum Gasteiger partial charge on any atom is -0.389 e. The predicted molar refractivity (Wildman–Crippen MR) is 94.5 cm³/mol. The molecule has 1 aromatic carbocycles. The van der Waals surface area contributed by atoms with Crippen molar-refractivity contribution in [3.63, 3.8) is 0 Å². The van der Waals surface area contributed by atoms with Gasteiger partial charge in [0, 0.05) is 12.7 Å². The molecule has 8 nitrogen and oxygen atoms in total. The fourth-order valence-corrected chi connectivity index (χ4v) is 3.49. The standard InChI is InChI=1S/C17H19N5O3/c1-9-4-10(2)6-11(5-9)21-7-12(23)8-22-13-14(18-16(21)22)20(3)17(25)19-15(13)24/h4-6,12,23H,7-8H2,1-3H3,(H,19,24,25)/t12-/m0/s1. The number of hydrogen-bond acceptors (Lipinski definition) is 5. The zero-order chi connectivity index (χ0) is 17.9. The van der Waals surface area contributed by atoms with Gasteiger partial charge in [-0.1, -0.05) is 6.07 Å². The molecule has 0 amide bonds. The molecule has 0 bridgehead atoms. The summed E-state index contributed by atoms with van der Waals surface area (Å²) in [5.74, 6) is 0.553. The molecule has 0 unspecified atom stereocenters. The van der Waals surface area contributed by atoms with Crippen LogP contribution in [0, 0.1) is 13.8 Å². The molecule has 25 heavy (non-hydrogen) atoms. The number of H-pyrrole nitrogens is 1. The molecule has 0 radical (unpaired) electrons. The van der Waals surface area contributed by atoms with E-state index in [2.05, 4.69) is 16.0 Å². The molecule has 0 fully saturated rings. The number of fused-ring (bicyclic) bond motifs is 3. The number of nitrogens with one attached hydrogen (secondary N) is 1. The minimum atomic E-state index is -0.651. The van der Waals surface area contributed by atoms with E-state index in [1.54, 1.807) is 11.6 Å². The van der Waals surface area contributed by atoms with Crippen molar-refractivity contribution in [1.29, 1.82) is 0 Å². The highest BCUT2D eigenvalue weighted by atomic mass is 16.3. The minimum absolute atomic E-state index is 0.258. The lowest BCUT2D eigenvalue weighted by atomic mass is 10.1. The van der Waals surface area contributed by atoms with E-state index < -0.39 is 17.4 Å². The Kier molecular flexibility index (Phi) is 3.33. The van der Waals surface area contributed by atoms with E-state index in [0.29, 0.717) is 23.7 Å². The van der Waals surface area contributed by atoms with E-state index in [1.807, 2.05) is 30.9 Å². The van der Waals surface area contributed by atoms with Crippen LogP contribution >= 0.6 is 0 Å². The number of aromatic nitrogens is 4. The van der Waals surface area contributed by atoms with Crippen LogP contribution in [0.3, 0.4) is 0 Å². The van der Waals surface area contributed by atoms with Gasteiger partial charge in [0.15, 0.2) is 11.2 Å². The Bertz CT molecular complexity index is 1090. The first-order valence-electron chi connectivity index (χ1n) is 8.08. The first kappa shape index (κ1) is 15.6. The molecule has 0 saturated heterocycles. The van der Waals surface area contributed by atoms with Crippen LogP contribution in [-0.2, 0) is 13.6 Å². The van der Waals surface area contributed by atoms with Gasteiger partial charge in [-0.2, -0.15) is 4.98 Å². The van der Waals surface area contributed by atoms with Crippen molar-refractivity contribution in [1.82, 2.24) is 19.1 Å². The average molecular weight is 341 g/mol. The van der Waals surface area contributed by atoms with Crippen molar-refractivity contribution < 1.29 is 5.11 Å². The topological polar surface area (TPSA) is 96.2 Å². The molecule has 130 valence electrons. The number of aliphatic hydroxyl groups is 1.